The topological polar surface area (TPSA) is 58.6 Å². The fourth-order valence-corrected chi connectivity index (χ4v) is 5.22. The highest BCUT2D eigenvalue weighted by Gasteiger charge is 2.31. The van der Waals surface area contributed by atoms with Gasteiger partial charge < -0.3 is 15.0 Å². The molecule has 0 aromatic heterocycles. The number of halogens is 2. The molecule has 0 fully saturated rings. The minimum atomic E-state index is -0.713. The van der Waals surface area contributed by atoms with Crippen molar-refractivity contribution < 1.29 is 14.3 Å². The Labute approximate surface area is 233 Å². The van der Waals surface area contributed by atoms with Gasteiger partial charge in [-0.15, -0.1) is 11.8 Å². The van der Waals surface area contributed by atoms with Crippen molar-refractivity contribution in [2.75, 3.05) is 19.4 Å². The second-order valence-corrected chi connectivity index (χ2v) is 10.4. The zero-order chi connectivity index (χ0) is 26.6. The zero-order valence-electron chi connectivity index (χ0n) is 21.1. The van der Waals surface area contributed by atoms with Crippen molar-refractivity contribution >= 4 is 46.8 Å². The molecule has 1 N–H and O–H groups in total. The first kappa shape index (κ1) is 28.9. The minimum absolute atomic E-state index is 0.136. The number of amides is 2. The van der Waals surface area contributed by atoms with E-state index in [2.05, 4.69) is 5.32 Å². The molecule has 0 aliphatic heterocycles. The Balaban J connectivity index is 1.86. The molecular formula is C29H32Cl2N2O3S. The molecule has 0 radical (unpaired) electrons. The summed E-state index contributed by atoms with van der Waals surface area (Å²) in [6, 6.07) is 22.0. The molecular weight excluding hydrogens is 527 g/mol. The summed E-state index contributed by atoms with van der Waals surface area (Å²) in [7, 11) is 1.63. The van der Waals surface area contributed by atoms with Crippen molar-refractivity contribution in [3.63, 3.8) is 0 Å². The first-order valence-corrected chi connectivity index (χ1v) is 14.1. The van der Waals surface area contributed by atoms with Crippen LogP contribution >= 0.6 is 35.0 Å². The van der Waals surface area contributed by atoms with Crippen molar-refractivity contribution in [1.82, 2.24) is 10.2 Å². The first-order chi connectivity index (χ1) is 17.9. The number of carbonyl (C=O) groups excluding carboxylic acids is 2. The third-order valence-corrected chi connectivity index (χ3v) is 7.56. The van der Waals surface area contributed by atoms with Crippen LogP contribution in [0, 0.1) is 0 Å². The van der Waals surface area contributed by atoms with Gasteiger partial charge in [-0.2, -0.15) is 0 Å². The number of nitrogens with one attached hydrogen (secondary N) is 1. The molecule has 0 aliphatic rings. The normalized spacial score (nSPS) is 11.6. The highest BCUT2D eigenvalue weighted by Crippen LogP contribution is 2.28. The van der Waals surface area contributed by atoms with Crippen molar-refractivity contribution in [3.05, 3.63) is 99.5 Å². The molecule has 1 atom stereocenters. The molecule has 5 nitrogen and oxygen atoms in total. The van der Waals surface area contributed by atoms with Gasteiger partial charge >= 0.3 is 0 Å². The van der Waals surface area contributed by atoms with E-state index < -0.39 is 6.04 Å². The lowest BCUT2D eigenvalue weighted by molar-refractivity contribution is -0.139. The predicted octanol–water partition coefficient (Wildman–Crippen LogP) is 6.40. The number of nitrogens with zero attached hydrogens (tertiary/aromatic N) is 1. The molecule has 37 heavy (non-hydrogen) atoms. The summed E-state index contributed by atoms with van der Waals surface area (Å²) in [6.07, 6.45) is 1.18. The second kappa shape index (κ2) is 14.9. The quantitative estimate of drug-likeness (QED) is 0.263. The summed E-state index contributed by atoms with van der Waals surface area (Å²) in [5, 5.41) is 3.90. The van der Waals surface area contributed by atoms with Gasteiger partial charge in [0.05, 0.1) is 12.9 Å². The molecule has 196 valence electrons. The van der Waals surface area contributed by atoms with Crippen molar-refractivity contribution in [1.29, 1.82) is 0 Å². The van der Waals surface area contributed by atoms with Gasteiger partial charge in [0.15, 0.2) is 0 Å². The summed E-state index contributed by atoms with van der Waals surface area (Å²) in [5.41, 5.74) is 2.68. The lowest BCUT2D eigenvalue weighted by Gasteiger charge is -2.32. The lowest BCUT2D eigenvalue weighted by Crippen LogP contribution is -2.51. The van der Waals surface area contributed by atoms with E-state index in [0.29, 0.717) is 34.3 Å². The van der Waals surface area contributed by atoms with Crippen LogP contribution in [0.4, 0.5) is 0 Å². The number of carbonyl (C=O) groups is 2. The van der Waals surface area contributed by atoms with E-state index in [-0.39, 0.29) is 24.1 Å². The van der Waals surface area contributed by atoms with Gasteiger partial charge in [-0.05, 0) is 41.8 Å². The molecule has 8 heteroatoms. The second-order valence-electron chi connectivity index (χ2n) is 8.56. The highest BCUT2D eigenvalue weighted by molar-refractivity contribution is 7.99. The largest absolute Gasteiger partial charge is 0.497 e. The predicted molar refractivity (Wildman–Crippen MR) is 153 cm³/mol. The van der Waals surface area contributed by atoms with Crippen LogP contribution in [-0.4, -0.2) is 42.2 Å². The standard InChI is InChI=1S/C29H32Cl2N2O3S/c1-3-16-32-29(35)27(17-21-8-5-4-6-9-21)33(18-24-25(30)10-7-11-26(24)31)28(34)20-37-19-22-12-14-23(36-2)15-13-22/h4-15,27H,3,16-20H2,1-2H3,(H,32,35)/t27-/m1/s1. The molecule has 3 rings (SSSR count). The van der Waals surface area contributed by atoms with Gasteiger partial charge in [0.1, 0.15) is 11.8 Å². The van der Waals surface area contributed by atoms with Gasteiger partial charge in [0.2, 0.25) is 11.8 Å². The van der Waals surface area contributed by atoms with Crippen LogP contribution in [0.5, 0.6) is 5.75 Å². The van der Waals surface area contributed by atoms with Crippen LogP contribution in [0.3, 0.4) is 0 Å². The van der Waals surface area contributed by atoms with E-state index in [1.54, 1.807) is 30.2 Å². The van der Waals surface area contributed by atoms with Crippen LogP contribution in [0.25, 0.3) is 0 Å². The molecule has 0 saturated carbocycles. The maximum atomic E-state index is 13.7. The first-order valence-electron chi connectivity index (χ1n) is 12.2. The van der Waals surface area contributed by atoms with Crippen molar-refractivity contribution in [2.24, 2.45) is 0 Å². The molecule has 0 unspecified atom stereocenters. The molecule has 0 heterocycles. The summed E-state index contributed by atoms with van der Waals surface area (Å²) in [5.74, 6) is 1.31. The molecule has 3 aromatic rings. The number of benzene rings is 3. The Morgan fingerprint density at radius 3 is 2.24 bits per heavy atom. The van der Waals surface area contributed by atoms with Crippen LogP contribution in [0.2, 0.25) is 10.0 Å². The lowest BCUT2D eigenvalue weighted by atomic mass is 10.0. The van der Waals surface area contributed by atoms with Crippen LogP contribution < -0.4 is 10.1 Å². The Morgan fingerprint density at radius 1 is 0.946 bits per heavy atom. The van der Waals surface area contributed by atoms with E-state index in [4.69, 9.17) is 27.9 Å². The minimum Gasteiger partial charge on any atom is -0.497 e. The molecule has 0 saturated heterocycles. The molecule has 2 amide bonds. The maximum absolute atomic E-state index is 13.7. The Bertz CT molecular complexity index is 1140. The number of methoxy groups -OCH3 is 1. The van der Waals surface area contributed by atoms with E-state index >= 15 is 0 Å². The van der Waals surface area contributed by atoms with Crippen LogP contribution in [0.15, 0.2) is 72.8 Å². The van der Waals surface area contributed by atoms with Gasteiger partial charge in [-0.25, -0.2) is 0 Å². The van der Waals surface area contributed by atoms with Crippen molar-refractivity contribution in [3.8, 4) is 5.75 Å². The molecule has 3 aromatic carbocycles. The number of hydrogen-bond donors (Lipinski definition) is 1. The average molecular weight is 560 g/mol. The van der Waals surface area contributed by atoms with E-state index in [9.17, 15) is 9.59 Å². The number of ether oxygens (including phenoxy) is 1. The highest BCUT2D eigenvalue weighted by atomic mass is 35.5. The summed E-state index contributed by atoms with van der Waals surface area (Å²) in [4.78, 5) is 28.7. The van der Waals surface area contributed by atoms with Gasteiger partial charge in [-0.3, -0.25) is 9.59 Å². The number of hydrogen-bond acceptors (Lipinski definition) is 4. The SMILES string of the molecule is CCCNC(=O)[C@@H](Cc1ccccc1)N(Cc1c(Cl)cccc1Cl)C(=O)CSCc1ccc(OC)cc1. The smallest absolute Gasteiger partial charge is 0.243 e. The third-order valence-electron chi connectivity index (χ3n) is 5.86. The Kier molecular flexibility index (Phi) is 11.6. The number of rotatable bonds is 13. The van der Waals surface area contributed by atoms with E-state index in [1.165, 1.54) is 11.8 Å². The summed E-state index contributed by atoms with van der Waals surface area (Å²) < 4.78 is 5.22. The summed E-state index contributed by atoms with van der Waals surface area (Å²) in [6.45, 7) is 2.66. The Morgan fingerprint density at radius 2 is 1.62 bits per heavy atom. The Hall–Kier alpha value is -2.67. The molecule has 0 aliphatic carbocycles. The van der Waals surface area contributed by atoms with Crippen LogP contribution in [-0.2, 0) is 28.3 Å². The van der Waals surface area contributed by atoms with E-state index in [0.717, 1.165) is 23.3 Å². The molecule has 0 bridgehead atoms. The van der Waals surface area contributed by atoms with Gasteiger partial charge in [0.25, 0.3) is 0 Å². The van der Waals surface area contributed by atoms with E-state index in [1.807, 2.05) is 61.5 Å². The monoisotopic (exact) mass is 558 g/mol. The molecule has 0 spiro atoms. The fourth-order valence-electron chi connectivity index (χ4n) is 3.83. The number of thioether (sulfide) groups is 1. The van der Waals surface area contributed by atoms with Crippen molar-refractivity contribution in [2.45, 2.75) is 38.1 Å². The van der Waals surface area contributed by atoms with Crippen LogP contribution in [0.1, 0.15) is 30.0 Å². The average Bonchev–Trinajstić information content (AvgIpc) is 2.91. The third kappa shape index (κ3) is 8.70. The summed E-state index contributed by atoms with van der Waals surface area (Å²) >= 11 is 14.5. The zero-order valence-corrected chi connectivity index (χ0v) is 23.4. The maximum Gasteiger partial charge on any atom is 0.243 e. The van der Waals surface area contributed by atoms with Gasteiger partial charge in [-0.1, -0.05) is 78.7 Å². The van der Waals surface area contributed by atoms with Gasteiger partial charge in [0, 0.05) is 40.9 Å². The fraction of sp³-hybridized carbons (Fsp3) is 0.310.